The van der Waals surface area contributed by atoms with Crippen LogP contribution in [-0.4, -0.2) is 47.2 Å². The second-order valence-corrected chi connectivity index (χ2v) is 8.30. The first-order chi connectivity index (χ1) is 14.2. The lowest BCUT2D eigenvalue weighted by atomic mass is 9.97. The fourth-order valence-electron chi connectivity index (χ4n) is 4.71. The van der Waals surface area contributed by atoms with Crippen molar-refractivity contribution in [3.63, 3.8) is 0 Å². The molecule has 1 heterocycles. The molecule has 0 radical (unpaired) electrons. The van der Waals surface area contributed by atoms with Gasteiger partial charge < -0.3 is 15.7 Å². The van der Waals surface area contributed by atoms with Crippen molar-refractivity contribution in [2.75, 3.05) is 13.1 Å². The van der Waals surface area contributed by atoms with Crippen molar-refractivity contribution in [2.45, 2.75) is 57.4 Å². The summed E-state index contributed by atoms with van der Waals surface area (Å²) in [6.45, 7) is 4.08. The first-order valence-electron chi connectivity index (χ1n) is 10.4. The molecule has 2 fully saturated rings. The average Bonchev–Trinajstić information content (AvgIpc) is 3.22. The molecule has 2 aliphatic rings. The number of fused-ring (bicyclic) bond motifs is 1. The molecule has 0 spiro atoms. The molecule has 1 unspecified atom stereocenters. The third-order valence-corrected chi connectivity index (χ3v) is 6.14. The van der Waals surface area contributed by atoms with Crippen LogP contribution >= 0.6 is 0 Å². The van der Waals surface area contributed by atoms with E-state index in [1.807, 2.05) is 6.92 Å². The molecule has 0 bridgehead atoms. The summed E-state index contributed by atoms with van der Waals surface area (Å²) in [5, 5.41) is 14.3. The van der Waals surface area contributed by atoms with Crippen molar-refractivity contribution >= 4 is 12.0 Å². The van der Waals surface area contributed by atoms with Crippen LogP contribution in [0.4, 0.5) is 18.0 Å². The zero-order valence-corrected chi connectivity index (χ0v) is 16.9. The van der Waals surface area contributed by atoms with Gasteiger partial charge in [0.1, 0.15) is 6.04 Å². The van der Waals surface area contributed by atoms with Gasteiger partial charge in [0.15, 0.2) is 0 Å². The fourth-order valence-corrected chi connectivity index (χ4v) is 4.71. The van der Waals surface area contributed by atoms with Crippen LogP contribution in [0, 0.1) is 11.8 Å². The summed E-state index contributed by atoms with van der Waals surface area (Å²) in [4.78, 5) is 25.7. The van der Waals surface area contributed by atoms with E-state index in [9.17, 15) is 22.8 Å². The van der Waals surface area contributed by atoms with Crippen LogP contribution in [0.1, 0.15) is 43.7 Å². The zero-order chi connectivity index (χ0) is 21.9. The van der Waals surface area contributed by atoms with Gasteiger partial charge in [-0.15, -0.1) is 0 Å². The van der Waals surface area contributed by atoms with E-state index in [0.717, 1.165) is 43.6 Å². The van der Waals surface area contributed by atoms with Crippen LogP contribution in [0.3, 0.4) is 0 Å². The predicted octanol–water partition coefficient (Wildman–Crippen LogP) is 3.47. The molecule has 1 saturated heterocycles. The van der Waals surface area contributed by atoms with Gasteiger partial charge in [0.2, 0.25) is 5.91 Å². The Labute approximate surface area is 173 Å². The van der Waals surface area contributed by atoms with Crippen molar-refractivity contribution in [3.05, 3.63) is 35.4 Å². The van der Waals surface area contributed by atoms with Gasteiger partial charge >= 0.3 is 12.3 Å². The summed E-state index contributed by atoms with van der Waals surface area (Å²) in [6, 6.07) is 4.50. The fraction of sp³-hybridized carbons (Fsp3) is 0.619. The number of carbonyl (C=O) groups is 2. The number of alkyl halides is 3. The highest BCUT2D eigenvalue weighted by atomic mass is 19.4. The molecular formula is C21H28F3N3O3. The number of hydrogen-bond acceptors (Lipinski definition) is 3. The van der Waals surface area contributed by atoms with Crippen molar-refractivity contribution in [1.29, 1.82) is 0 Å². The van der Waals surface area contributed by atoms with Gasteiger partial charge in [-0.2, -0.15) is 13.2 Å². The number of amides is 2. The molecule has 30 heavy (non-hydrogen) atoms. The molecule has 4 atom stereocenters. The monoisotopic (exact) mass is 427 g/mol. The minimum absolute atomic E-state index is 0.00458. The van der Waals surface area contributed by atoms with E-state index in [2.05, 4.69) is 15.5 Å². The minimum Gasteiger partial charge on any atom is -0.465 e. The molecule has 1 aliphatic heterocycles. The maximum Gasteiger partial charge on any atom is 0.416 e. The lowest BCUT2D eigenvalue weighted by molar-refractivity contribution is -0.137. The molecule has 3 N–H and O–H groups in total. The van der Waals surface area contributed by atoms with E-state index in [0.29, 0.717) is 25.3 Å². The lowest BCUT2D eigenvalue weighted by Crippen LogP contribution is -2.50. The van der Waals surface area contributed by atoms with Crippen LogP contribution < -0.4 is 10.6 Å². The first-order valence-corrected chi connectivity index (χ1v) is 10.4. The normalized spacial score (nSPS) is 25.0. The Hall–Kier alpha value is -2.29. The van der Waals surface area contributed by atoms with Crippen molar-refractivity contribution in [2.24, 2.45) is 11.8 Å². The maximum atomic E-state index is 12.7. The topological polar surface area (TPSA) is 81.7 Å². The summed E-state index contributed by atoms with van der Waals surface area (Å²) in [7, 11) is 0. The average molecular weight is 427 g/mol. The predicted molar refractivity (Wildman–Crippen MR) is 105 cm³/mol. The van der Waals surface area contributed by atoms with E-state index in [1.54, 1.807) is 0 Å². The molecule has 1 saturated carbocycles. The Bertz CT molecular complexity index is 754. The molecule has 3 rings (SSSR count). The third-order valence-electron chi connectivity index (χ3n) is 6.14. The first kappa shape index (κ1) is 22.4. The van der Waals surface area contributed by atoms with E-state index >= 15 is 0 Å². The van der Waals surface area contributed by atoms with Gasteiger partial charge in [0.05, 0.1) is 5.56 Å². The number of hydrogen-bond donors (Lipinski definition) is 3. The SMILES string of the molecule is CCCC(NC(=O)O)C(=O)N[C@H]1CC[C@@H]2CN(Cc3ccc(C(F)(F)F)cc3)C[C@@H]21. The highest BCUT2D eigenvalue weighted by Gasteiger charge is 2.43. The van der Waals surface area contributed by atoms with Gasteiger partial charge in [-0.3, -0.25) is 9.69 Å². The number of carboxylic acid groups (broad SMARTS) is 1. The number of likely N-dealkylation sites (tertiary alicyclic amines) is 1. The van der Waals surface area contributed by atoms with E-state index in [1.165, 1.54) is 12.1 Å². The van der Waals surface area contributed by atoms with Gasteiger partial charge in [0, 0.05) is 25.7 Å². The van der Waals surface area contributed by atoms with Crippen LogP contribution in [0.25, 0.3) is 0 Å². The highest BCUT2D eigenvalue weighted by molar-refractivity contribution is 5.85. The quantitative estimate of drug-likeness (QED) is 0.623. The molecule has 2 amide bonds. The van der Waals surface area contributed by atoms with Crippen molar-refractivity contribution in [1.82, 2.24) is 15.5 Å². The molecule has 9 heteroatoms. The van der Waals surface area contributed by atoms with Crippen molar-refractivity contribution < 1.29 is 27.9 Å². The Morgan fingerprint density at radius 3 is 2.50 bits per heavy atom. The van der Waals surface area contributed by atoms with Crippen molar-refractivity contribution in [3.8, 4) is 0 Å². The molecular weight excluding hydrogens is 399 g/mol. The second-order valence-electron chi connectivity index (χ2n) is 8.30. The Balaban J connectivity index is 1.55. The zero-order valence-electron chi connectivity index (χ0n) is 16.9. The molecule has 1 aromatic rings. The smallest absolute Gasteiger partial charge is 0.416 e. The number of carbonyl (C=O) groups excluding carboxylic acids is 1. The number of halogens is 3. The summed E-state index contributed by atoms with van der Waals surface area (Å²) >= 11 is 0. The van der Waals surface area contributed by atoms with Crippen LogP contribution in [0.5, 0.6) is 0 Å². The van der Waals surface area contributed by atoms with Crippen LogP contribution in [-0.2, 0) is 17.5 Å². The maximum absolute atomic E-state index is 12.7. The van der Waals surface area contributed by atoms with Gasteiger partial charge in [-0.05, 0) is 48.8 Å². The lowest BCUT2D eigenvalue weighted by Gasteiger charge is -2.24. The largest absolute Gasteiger partial charge is 0.465 e. The number of nitrogens with one attached hydrogen (secondary N) is 2. The molecule has 1 aromatic carbocycles. The van der Waals surface area contributed by atoms with Gasteiger partial charge in [-0.25, -0.2) is 4.79 Å². The Morgan fingerprint density at radius 1 is 1.20 bits per heavy atom. The van der Waals surface area contributed by atoms with E-state index in [4.69, 9.17) is 5.11 Å². The molecule has 6 nitrogen and oxygen atoms in total. The second kappa shape index (κ2) is 9.24. The summed E-state index contributed by atoms with van der Waals surface area (Å²) in [5.74, 6) is 0.420. The van der Waals surface area contributed by atoms with Gasteiger partial charge in [0.25, 0.3) is 0 Å². The number of nitrogens with zero attached hydrogens (tertiary/aromatic N) is 1. The number of rotatable bonds is 7. The summed E-state index contributed by atoms with van der Waals surface area (Å²) < 4.78 is 38.2. The Kier molecular flexibility index (Phi) is 6.90. The van der Waals surface area contributed by atoms with Gasteiger partial charge in [-0.1, -0.05) is 25.5 Å². The third kappa shape index (κ3) is 5.44. The molecule has 1 aliphatic carbocycles. The van der Waals surface area contributed by atoms with Crippen LogP contribution in [0.15, 0.2) is 24.3 Å². The molecule has 166 valence electrons. The summed E-state index contributed by atoms with van der Waals surface area (Å²) in [6.07, 6.45) is -2.57. The minimum atomic E-state index is -4.33. The van der Waals surface area contributed by atoms with Crippen LogP contribution in [0.2, 0.25) is 0 Å². The van der Waals surface area contributed by atoms with E-state index in [-0.39, 0.29) is 17.9 Å². The highest BCUT2D eigenvalue weighted by Crippen LogP contribution is 2.39. The summed E-state index contributed by atoms with van der Waals surface area (Å²) in [5.41, 5.74) is 0.182. The number of benzene rings is 1. The Morgan fingerprint density at radius 2 is 1.90 bits per heavy atom. The van der Waals surface area contributed by atoms with E-state index < -0.39 is 23.9 Å². The standard InChI is InChI=1S/C21H28F3N3O3/c1-2-3-18(26-20(29)30)19(28)25-17-9-6-14-11-27(12-16(14)17)10-13-4-7-15(8-5-13)21(22,23)24/h4-5,7-8,14,16-18,26H,2-3,6,9-12H2,1H3,(H,25,28)(H,29,30)/t14-,16+,17+,18?/m1/s1. The molecule has 0 aromatic heterocycles.